The highest BCUT2D eigenvalue weighted by atomic mass is 16.5. The van der Waals surface area contributed by atoms with Crippen LogP contribution >= 0.6 is 0 Å². The van der Waals surface area contributed by atoms with Crippen LogP contribution in [0.1, 0.15) is 38.9 Å². The molecule has 3 heteroatoms. The topological polar surface area (TPSA) is 38.7 Å². The van der Waals surface area contributed by atoms with Gasteiger partial charge in [0, 0.05) is 12.2 Å². The number of hydrogen-bond acceptors (Lipinski definition) is 3. The molecule has 1 rings (SSSR count). The number of ether oxygens (including phenoxy) is 2. The second-order valence-corrected chi connectivity index (χ2v) is 3.82. The molecule has 0 spiro atoms. The van der Waals surface area contributed by atoms with Gasteiger partial charge in [0.1, 0.15) is 11.9 Å². The van der Waals surface area contributed by atoms with E-state index in [0.717, 1.165) is 17.7 Å². The van der Waals surface area contributed by atoms with Crippen molar-refractivity contribution >= 4 is 0 Å². The third-order valence-electron chi connectivity index (χ3n) is 2.67. The van der Waals surface area contributed by atoms with Crippen molar-refractivity contribution in [1.29, 1.82) is 0 Å². The molecule has 0 heterocycles. The zero-order chi connectivity index (χ0) is 12.7. The molecule has 2 unspecified atom stereocenters. The normalized spacial score (nSPS) is 14.4. The average Bonchev–Trinajstić information content (AvgIpc) is 2.36. The molecule has 0 amide bonds. The first-order valence-corrected chi connectivity index (χ1v) is 6.25. The van der Waals surface area contributed by atoms with Crippen LogP contribution in [-0.2, 0) is 4.74 Å². The van der Waals surface area contributed by atoms with E-state index < -0.39 is 6.10 Å². The minimum Gasteiger partial charge on any atom is -0.493 e. The maximum Gasteiger partial charge on any atom is 0.125 e. The predicted molar refractivity (Wildman–Crippen MR) is 68.3 cm³/mol. The summed E-state index contributed by atoms with van der Waals surface area (Å²) in [6.07, 6.45) is -0.0422. The number of aliphatic hydroxyl groups is 1. The summed E-state index contributed by atoms with van der Waals surface area (Å²) >= 11 is 0. The minimum absolute atomic E-state index is 0.179. The van der Waals surface area contributed by atoms with Crippen molar-refractivity contribution in [3.05, 3.63) is 29.8 Å². The van der Waals surface area contributed by atoms with Gasteiger partial charge in [0.05, 0.1) is 12.7 Å². The number of benzene rings is 1. The molecular formula is C14H22O3. The first-order valence-electron chi connectivity index (χ1n) is 6.25. The van der Waals surface area contributed by atoms with Crippen molar-refractivity contribution in [3.63, 3.8) is 0 Å². The molecule has 3 nitrogen and oxygen atoms in total. The molecule has 0 radical (unpaired) electrons. The second kappa shape index (κ2) is 7.30. The van der Waals surface area contributed by atoms with E-state index in [0.29, 0.717) is 13.2 Å². The van der Waals surface area contributed by atoms with Gasteiger partial charge in [0.15, 0.2) is 0 Å². The third kappa shape index (κ3) is 3.72. The average molecular weight is 238 g/mol. The molecule has 17 heavy (non-hydrogen) atoms. The van der Waals surface area contributed by atoms with Crippen molar-refractivity contribution in [1.82, 2.24) is 0 Å². The molecule has 0 aliphatic heterocycles. The van der Waals surface area contributed by atoms with E-state index in [1.807, 2.05) is 45.0 Å². The van der Waals surface area contributed by atoms with E-state index in [1.165, 1.54) is 0 Å². The number of aliphatic hydroxyl groups excluding tert-OH is 1. The molecular weight excluding hydrogens is 216 g/mol. The van der Waals surface area contributed by atoms with E-state index >= 15 is 0 Å². The summed E-state index contributed by atoms with van der Waals surface area (Å²) in [5, 5.41) is 10.3. The Balaban J connectivity index is 2.89. The fourth-order valence-corrected chi connectivity index (χ4v) is 1.86. The lowest BCUT2D eigenvalue weighted by molar-refractivity contribution is -0.0365. The van der Waals surface area contributed by atoms with Gasteiger partial charge in [-0.15, -0.1) is 0 Å². The zero-order valence-corrected chi connectivity index (χ0v) is 10.8. The van der Waals surface area contributed by atoms with Crippen molar-refractivity contribution in [3.8, 4) is 5.75 Å². The second-order valence-electron chi connectivity index (χ2n) is 3.82. The van der Waals surface area contributed by atoms with E-state index in [4.69, 9.17) is 9.47 Å². The van der Waals surface area contributed by atoms with E-state index in [9.17, 15) is 5.11 Å². The fraction of sp³-hybridized carbons (Fsp3) is 0.571. The SMILES string of the molecule is CCOc1ccccc1C(O)C(CC)OCC. The van der Waals surface area contributed by atoms with Gasteiger partial charge in [-0.3, -0.25) is 0 Å². The van der Waals surface area contributed by atoms with Gasteiger partial charge >= 0.3 is 0 Å². The van der Waals surface area contributed by atoms with Crippen molar-refractivity contribution in [2.45, 2.75) is 39.4 Å². The quantitative estimate of drug-likeness (QED) is 0.793. The standard InChI is InChI=1S/C14H22O3/c1-4-12(16-5-2)14(15)11-9-7-8-10-13(11)17-6-3/h7-10,12,14-15H,4-6H2,1-3H3. The Kier molecular flexibility index (Phi) is 6.01. The Morgan fingerprint density at radius 1 is 1.12 bits per heavy atom. The number of rotatable bonds is 7. The summed E-state index contributed by atoms with van der Waals surface area (Å²) < 4.78 is 11.1. The number of hydrogen-bond donors (Lipinski definition) is 1. The summed E-state index contributed by atoms with van der Waals surface area (Å²) in [6.45, 7) is 7.07. The van der Waals surface area contributed by atoms with Crippen molar-refractivity contribution in [2.24, 2.45) is 0 Å². The van der Waals surface area contributed by atoms with Crippen molar-refractivity contribution in [2.75, 3.05) is 13.2 Å². The van der Waals surface area contributed by atoms with Gasteiger partial charge in [-0.1, -0.05) is 25.1 Å². The maximum atomic E-state index is 10.3. The summed E-state index contributed by atoms with van der Waals surface area (Å²) in [7, 11) is 0. The lowest BCUT2D eigenvalue weighted by Gasteiger charge is -2.23. The van der Waals surface area contributed by atoms with Crippen LogP contribution < -0.4 is 4.74 Å². The van der Waals surface area contributed by atoms with Crippen LogP contribution in [0, 0.1) is 0 Å². The molecule has 0 aliphatic rings. The largest absolute Gasteiger partial charge is 0.493 e. The first kappa shape index (κ1) is 14.0. The van der Waals surface area contributed by atoms with Crippen LogP contribution in [-0.4, -0.2) is 24.4 Å². The Labute approximate surface area is 103 Å². The summed E-state index contributed by atoms with van der Waals surface area (Å²) in [5.74, 6) is 0.737. The number of para-hydroxylation sites is 1. The summed E-state index contributed by atoms with van der Waals surface area (Å²) in [6, 6.07) is 7.57. The van der Waals surface area contributed by atoms with Gasteiger partial charge in [-0.25, -0.2) is 0 Å². The molecule has 0 saturated carbocycles. The molecule has 0 aliphatic carbocycles. The highest BCUT2D eigenvalue weighted by Crippen LogP contribution is 2.29. The molecule has 0 saturated heterocycles. The lowest BCUT2D eigenvalue weighted by atomic mass is 10.0. The lowest BCUT2D eigenvalue weighted by Crippen LogP contribution is -2.22. The van der Waals surface area contributed by atoms with Crippen LogP contribution in [0.15, 0.2) is 24.3 Å². The molecule has 0 aromatic heterocycles. The molecule has 1 aromatic carbocycles. The maximum absolute atomic E-state index is 10.3. The Bertz CT molecular complexity index is 325. The predicted octanol–water partition coefficient (Wildman–Crippen LogP) is 2.93. The van der Waals surface area contributed by atoms with Gasteiger partial charge in [-0.2, -0.15) is 0 Å². The smallest absolute Gasteiger partial charge is 0.125 e. The fourth-order valence-electron chi connectivity index (χ4n) is 1.86. The zero-order valence-electron chi connectivity index (χ0n) is 10.8. The Morgan fingerprint density at radius 2 is 1.82 bits per heavy atom. The van der Waals surface area contributed by atoms with E-state index in [-0.39, 0.29) is 6.10 Å². The van der Waals surface area contributed by atoms with Crippen LogP contribution in [0.3, 0.4) is 0 Å². The molecule has 1 N–H and O–H groups in total. The van der Waals surface area contributed by atoms with E-state index in [1.54, 1.807) is 0 Å². The van der Waals surface area contributed by atoms with Gasteiger partial charge in [0.2, 0.25) is 0 Å². The summed E-state index contributed by atoms with van der Waals surface area (Å²) in [4.78, 5) is 0. The monoisotopic (exact) mass is 238 g/mol. The third-order valence-corrected chi connectivity index (χ3v) is 2.67. The highest BCUT2D eigenvalue weighted by Gasteiger charge is 2.22. The van der Waals surface area contributed by atoms with Crippen LogP contribution in [0.25, 0.3) is 0 Å². The molecule has 0 bridgehead atoms. The Morgan fingerprint density at radius 3 is 2.41 bits per heavy atom. The van der Waals surface area contributed by atoms with E-state index in [2.05, 4.69) is 0 Å². The van der Waals surface area contributed by atoms with Crippen LogP contribution in [0.2, 0.25) is 0 Å². The highest BCUT2D eigenvalue weighted by molar-refractivity contribution is 5.35. The van der Waals surface area contributed by atoms with Crippen LogP contribution in [0.4, 0.5) is 0 Å². The Hall–Kier alpha value is -1.06. The molecule has 2 atom stereocenters. The first-order chi connectivity index (χ1) is 8.24. The van der Waals surface area contributed by atoms with Gasteiger partial charge in [0.25, 0.3) is 0 Å². The molecule has 96 valence electrons. The van der Waals surface area contributed by atoms with Crippen molar-refractivity contribution < 1.29 is 14.6 Å². The van der Waals surface area contributed by atoms with Gasteiger partial charge < -0.3 is 14.6 Å². The van der Waals surface area contributed by atoms with Crippen LogP contribution in [0.5, 0.6) is 5.75 Å². The summed E-state index contributed by atoms with van der Waals surface area (Å²) in [5.41, 5.74) is 0.801. The molecule has 1 aromatic rings. The molecule has 0 fully saturated rings. The minimum atomic E-state index is -0.636. The van der Waals surface area contributed by atoms with Gasteiger partial charge in [-0.05, 0) is 26.3 Å².